The Bertz CT molecular complexity index is 665. The molecule has 0 nitrogen and oxygen atoms in total. The quantitative estimate of drug-likeness (QED) is 0.229. The Labute approximate surface area is 196 Å². The van der Waals surface area contributed by atoms with Crippen LogP contribution in [0.3, 0.4) is 0 Å². The summed E-state index contributed by atoms with van der Waals surface area (Å²) in [5.74, 6) is 0.667. The first-order valence-electron chi connectivity index (χ1n) is 12.5. The molecule has 1 unspecified atom stereocenters. The maximum atomic E-state index is 2.46. The van der Waals surface area contributed by atoms with Gasteiger partial charge in [0.2, 0.25) is 0 Å². The zero-order chi connectivity index (χ0) is 23.6. The van der Waals surface area contributed by atoms with Crippen LogP contribution in [0.15, 0.2) is 69.9 Å². The minimum Gasteiger partial charge on any atom is -0.0856 e. The fourth-order valence-corrected chi connectivity index (χ4v) is 3.48. The third kappa shape index (κ3) is 18.9. The van der Waals surface area contributed by atoms with Crippen LogP contribution in [0, 0.1) is 5.92 Å². The second-order valence-electron chi connectivity index (χ2n) is 9.99. The smallest absolute Gasteiger partial charge is 0.0164 e. The number of hydrogen-bond donors (Lipinski definition) is 0. The Kier molecular flexibility index (Phi) is 17.1. The van der Waals surface area contributed by atoms with E-state index in [4.69, 9.17) is 0 Å². The molecule has 31 heavy (non-hydrogen) atoms. The van der Waals surface area contributed by atoms with Crippen LogP contribution < -0.4 is 0 Å². The molecule has 1 atom stereocenters. The van der Waals surface area contributed by atoms with E-state index in [1.807, 2.05) is 0 Å². The van der Waals surface area contributed by atoms with Gasteiger partial charge in [-0.25, -0.2) is 0 Å². The normalized spacial score (nSPS) is 14.5. The van der Waals surface area contributed by atoms with Gasteiger partial charge in [0.25, 0.3) is 0 Å². The molecule has 0 saturated carbocycles. The summed E-state index contributed by atoms with van der Waals surface area (Å²) >= 11 is 0. The molecule has 0 aromatic heterocycles. The van der Waals surface area contributed by atoms with E-state index in [0.717, 1.165) is 6.42 Å². The number of rotatable bonds is 15. The third-order valence-electron chi connectivity index (χ3n) is 5.99. The Morgan fingerprint density at radius 2 is 0.935 bits per heavy atom. The van der Waals surface area contributed by atoms with Crippen molar-refractivity contribution < 1.29 is 0 Å². The van der Waals surface area contributed by atoms with Crippen molar-refractivity contribution in [1.82, 2.24) is 0 Å². The predicted octanol–water partition coefficient (Wildman–Crippen LogP) is 10.9. The highest BCUT2D eigenvalue weighted by molar-refractivity contribution is 5.10. The summed E-state index contributed by atoms with van der Waals surface area (Å²) in [6.07, 6.45) is 25.0. The van der Waals surface area contributed by atoms with Crippen LogP contribution >= 0.6 is 0 Å². The van der Waals surface area contributed by atoms with Crippen molar-refractivity contribution in [1.29, 1.82) is 0 Å². The summed E-state index contributed by atoms with van der Waals surface area (Å²) in [5, 5.41) is 0. The highest BCUT2D eigenvalue weighted by Gasteiger charge is 2.03. The Hall–Kier alpha value is -1.56. The van der Waals surface area contributed by atoms with Gasteiger partial charge < -0.3 is 0 Å². The summed E-state index contributed by atoms with van der Waals surface area (Å²) in [4.78, 5) is 0. The standard InChI is InChI=1S/C31H52/c1-25(2)15-10-17-27(5)19-12-20-29(7)22-14-24-31(9)30(8)23-13-21-28(6)18-11-16-26(3)4/h15-16,19,21-23,31H,10-14,17-18,20,24H2,1-9H3/b27-19+,28-21+,29-22+,30-23+. The predicted molar refractivity (Wildman–Crippen MR) is 145 cm³/mol. The van der Waals surface area contributed by atoms with Crippen molar-refractivity contribution in [2.24, 2.45) is 5.92 Å². The van der Waals surface area contributed by atoms with Crippen molar-refractivity contribution in [3.8, 4) is 0 Å². The van der Waals surface area contributed by atoms with Crippen LogP contribution in [-0.4, -0.2) is 0 Å². The molecule has 0 N–H and O–H groups in total. The molecule has 0 saturated heterocycles. The lowest BCUT2D eigenvalue weighted by molar-refractivity contribution is 0.617. The molecule has 0 amide bonds. The van der Waals surface area contributed by atoms with Gasteiger partial charge in [-0.15, -0.1) is 0 Å². The van der Waals surface area contributed by atoms with Gasteiger partial charge in [0.1, 0.15) is 0 Å². The van der Waals surface area contributed by atoms with Crippen LogP contribution in [0.2, 0.25) is 0 Å². The van der Waals surface area contributed by atoms with Crippen LogP contribution in [0.1, 0.15) is 120 Å². The molecular formula is C31H52. The summed E-state index contributed by atoms with van der Waals surface area (Å²) < 4.78 is 0. The minimum absolute atomic E-state index is 0.667. The lowest BCUT2D eigenvalue weighted by atomic mass is 9.95. The van der Waals surface area contributed by atoms with E-state index in [1.54, 1.807) is 0 Å². The summed E-state index contributed by atoms with van der Waals surface area (Å²) in [7, 11) is 0. The highest BCUT2D eigenvalue weighted by atomic mass is 14.1. The lowest BCUT2D eigenvalue weighted by Crippen LogP contribution is -1.96. The fourth-order valence-electron chi connectivity index (χ4n) is 3.48. The first kappa shape index (κ1) is 29.4. The van der Waals surface area contributed by atoms with Crippen molar-refractivity contribution in [3.05, 3.63) is 69.9 Å². The first-order chi connectivity index (χ1) is 14.6. The van der Waals surface area contributed by atoms with E-state index in [2.05, 4.69) is 98.8 Å². The van der Waals surface area contributed by atoms with Crippen LogP contribution in [0.4, 0.5) is 0 Å². The largest absolute Gasteiger partial charge is 0.0856 e. The van der Waals surface area contributed by atoms with E-state index in [9.17, 15) is 0 Å². The maximum Gasteiger partial charge on any atom is -0.0164 e. The molecule has 0 fully saturated rings. The zero-order valence-electron chi connectivity index (χ0n) is 22.4. The molecule has 0 spiro atoms. The van der Waals surface area contributed by atoms with Gasteiger partial charge in [-0.3, -0.25) is 0 Å². The highest BCUT2D eigenvalue weighted by Crippen LogP contribution is 2.19. The summed E-state index contributed by atoms with van der Waals surface area (Å²) in [6.45, 7) is 20.2. The Balaban J connectivity index is 4.23. The second-order valence-corrected chi connectivity index (χ2v) is 9.99. The molecule has 0 heteroatoms. The van der Waals surface area contributed by atoms with Crippen molar-refractivity contribution in [2.45, 2.75) is 120 Å². The van der Waals surface area contributed by atoms with Gasteiger partial charge in [-0.2, -0.15) is 0 Å². The zero-order valence-corrected chi connectivity index (χ0v) is 22.4. The van der Waals surface area contributed by atoms with Crippen LogP contribution in [0.25, 0.3) is 0 Å². The Morgan fingerprint density at radius 3 is 1.42 bits per heavy atom. The molecule has 0 rings (SSSR count). The van der Waals surface area contributed by atoms with Crippen molar-refractivity contribution in [3.63, 3.8) is 0 Å². The molecule has 0 radical (unpaired) electrons. The number of allylic oxidation sites excluding steroid dienone is 12. The fraction of sp³-hybridized carbons (Fsp3) is 0.613. The molecular weight excluding hydrogens is 372 g/mol. The van der Waals surface area contributed by atoms with Gasteiger partial charge in [0, 0.05) is 0 Å². The van der Waals surface area contributed by atoms with E-state index >= 15 is 0 Å². The summed E-state index contributed by atoms with van der Waals surface area (Å²) in [6, 6.07) is 0. The van der Waals surface area contributed by atoms with E-state index in [-0.39, 0.29) is 0 Å². The monoisotopic (exact) mass is 424 g/mol. The number of hydrogen-bond acceptors (Lipinski definition) is 0. The van der Waals surface area contributed by atoms with Crippen LogP contribution in [-0.2, 0) is 0 Å². The maximum absolute atomic E-state index is 2.46. The van der Waals surface area contributed by atoms with Gasteiger partial charge in [-0.05, 0) is 119 Å². The molecule has 0 aliphatic rings. The third-order valence-corrected chi connectivity index (χ3v) is 5.99. The van der Waals surface area contributed by atoms with Crippen LogP contribution in [0.5, 0.6) is 0 Å². The molecule has 0 bridgehead atoms. The van der Waals surface area contributed by atoms with Gasteiger partial charge >= 0.3 is 0 Å². The van der Waals surface area contributed by atoms with E-state index < -0.39 is 0 Å². The Morgan fingerprint density at radius 1 is 0.516 bits per heavy atom. The average Bonchev–Trinajstić information content (AvgIpc) is 2.67. The molecule has 0 aromatic carbocycles. The van der Waals surface area contributed by atoms with E-state index in [0.29, 0.717) is 5.92 Å². The average molecular weight is 425 g/mol. The molecule has 0 aliphatic heterocycles. The second kappa shape index (κ2) is 18.1. The van der Waals surface area contributed by atoms with Gasteiger partial charge in [0.15, 0.2) is 0 Å². The molecule has 0 heterocycles. The van der Waals surface area contributed by atoms with E-state index in [1.165, 1.54) is 84.8 Å². The van der Waals surface area contributed by atoms with Gasteiger partial charge in [-0.1, -0.05) is 76.8 Å². The SMILES string of the molecule is CC(C)=CCC/C(C)=C/C/C=C(\C)C(C)CC/C=C(\C)CC/C=C(\C)CCC=C(C)C. The topological polar surface area (TPSA) is 0 Å². The minimum atomic E-state index is 0.667. The van der Waals surface area contributed by atoms with Crippen molar-refractivity contribution in [2.75, 3.05) is 0 Å². The lowest BCUT2D eigenvalue weighted by Gasteiger charge is -2.11. The molecule has 0 aliphatic carbocycles. The first-order valence-corrected chi connectivity index (χ1v) is 12.5. The van der Waals surface area contributed by atoms with Gasteiger partial charge in [0.05, 0.1) is 0 Å². The van der Waals surface area contributed by atoms with Crippen molar-refractivity contribution >= 4 is 0 Å². The molecule has 176 valence electrons. The summed E-state index contributed by atoms with van der Waals surface area (Å²) in [5.41, 5.74) is 8.96. The molecule has 0 aromatic rings.